The van der Waals surface area contributed by atoms with Crippen molar-refractivity contribution in [2.75, 3.05) is 18.6 Å². The van der Waals surface area contributed by atoms with Crippen LogP contribution in [0.1, 0.15) is 42.8 Å². The van der Waals surface area contributed by atoms with E-state index in [-0.39, 0.29) is 11.3 Å². The Morgan fingerprint density at radius 2 is 1.83 bits per heavy atom. The van der Waals surface area contributed by atoms with Gasteiger partial charge in [0.05, 0.1) is 41.2 Å². The van der Waals surface area contributed by atoms with Crippen LogP contribution >= 0.6 is 11.3 Å². The average Bonchev–Trinajstić information content (AvgIpc) is 3.63. The number of pyridine rings is 1. The molecule has 1 amide bonds. The highest BCUT2D eigenvalue weighted by Crippen LogP contribution is 2.45. The van der Waals surface area contributed by atoms with Crippen molar-refractivity contribution in [3.63, 3.8) is 0 Å². The van der Waals surface area contributed by atoms with Crippen LogP contribution in [0.5, 0.6) is 11.5 Å². The number of methoxy groups -OCH3 is 1. The molecule has 1 saturated heterocycles. The number of benzene rings is 2. The number of amides is 1. The number of Topliss-reactive ketones (excluding diaryl/α,β-unsaturated/α-hetero) is 1. The fourth-order valence-electron chi connectivity index (χ4n) is 5.08. The molecule has 3 aromatic heterocycles. The molecule has 208 valence electrons. The molecule has 2 aromatic carbocycles. The highest BCUT2D eigenvalue weighted by Gasteiger charge is 2.48. The smallest absolute Gasteiger partial charge is 0.301 e. The van der Waals surface area contributed by atoms with Crippen LogP contribution < -0.4 is 14.4 Å². The minimum absolute atomic E-state index is 0.0276. The van der Waals surface area contributed by atoms with E-state index in [1.165, 1.54) is 16.2 Å². The Morgan fingerprint density at radius 1 is 1.05 bits per heavy atom. The van der Waals surface area contributed by atoms with E-state index in [2.05, 4.69) is 11.9 Å². The van der Waals surface area contributed by atoms with E-state index in [4.69, 9.17) is 14.5 Å². The van der Waals surface area contributed by atoms with E-state index in [0.29, 0.717) is 51.4 Å². The Bertz CT molecular complexity index is 1820. The molecule has 1 atom stereocenters. The summed E-state index contributed by atoms with van der Waals surface area (Å²) in [4.78, 5) is 38.0. The summed E-state index contributed by atoms with van der Waals surface area (Å²) in [5.41, 5.74) is 2.79. The molecule has 0 aliphatic carbocycles. The first-order chi connectivity index (χ1) is 19.9. The number of aromatic nitrogens is 3. The maximum absolute atomic E-state index is 13.7. The summed E-state index contributed by atoms with van der Waals surface area (Å²) in [5.74, 6) is -0.509. The van der Waals surface area contributed by atoms with Crippen LogP contribution in [0.4, 0.5) is 5.13 Å². The number of thiazole rings is 1. The lowest BCUT2D eigenvalue weighted by molar-refractivity contribution is -0.132. The molecular formula is C31H28N4O5S. The van der Waals surface area contributed by atoms with E-state index in [9.17, 15) is 14.7 Å². The molecule has 0 spiro atoms. The Balaban J connectivity index is 1.52. The molecule has 0 radical (unpaired) electrons. The molecule has 9 nitrogen and oxygen atoms in total. The van der Waals surface area contributed by atoms with Gasteiger partial charge >= 0.3 is 5.91 Å². The number of rotatable bonds is 8. The zero-order chi connectivity index (χ0) is 28.7. The molecule has 41 heavy (non-hydrogen) atoms. The van der Waals surface area contributed by atoms with Gasteiger partial charge in [0.2, 0.25) is 0 Å². The van der Waals surface area contributed by atoms with Crippen LogP contribution in [0.25, 0.3) is 21.6 Å². The first kappa shape index (κ1) is 26.5. The molecule has 0 saturated carbocycles. The second-order valence-electron chi connectivity index (χ2n) is 9.74. The minimum Gasteiger partial charge on any atom is -0.505 e. The number of ketones is 1. The molecule has 1 unspecified atom stereocenters. The van der Waals surface area contributed by atoms with E-state index in [1.54, 1.807) is 30.7 Å². The quantitative estimate of drug-likeness (QED) is 0.105. The highest BCUT2D eigenvalue weighted by atomic mass is 32.1. The maximum Gasteiger partial charge on any atom is 0.301 e. The second-order valence-corrected chi connectivity index (χ2v) is 10.8. The minimum atomic E-state index is -0.921. The van der Waals surface area contributed by atoms with Gasteiger partial charge in [-0.05, 0) is 61.4 Å². The third kappa shape index (κ3) is 4.59. The van der Waals surface area contributed by atoms with Gasteiger partial charge in [-0.1, -0.05) is 42.9 Å². The molecule has 1 N–H and O–H groups in total. The molecule has 10 heteroatoms. The third-order valence-electron chi connectivity index (χ3n) is 7.13. The zero-order valence-electron chi connectivity index (χ0n) is 22.8. The standard InChI is InChI=1S/C31H28N4O5S/c1-4-5-16-40-20-11-9-19(10-12-20)27-25(28(36)26-18(2)32-24-8-6-7-15-34(24)26)29(37)30(38)35(27)31-33-22-14-13-21(39-3)17-23(22)41-31/h6-15,17,27,36H,4-5,16H2,1-3H3. The number of carbonyl (C=O) groups is 2. The van der Waals surface area contributed by atoms with Gasteiger partial charge in [0.1, 0.15) is 22.8 Å². The first-order valence-electron chi connectivity index (χ1n) is 13.3. The van der Waals surface area contributed by atoms with E-state index < -0.39 is 17.7 Å². The van der Waals surface area contributed by atoms with Gasteiger partial charge in [-0.15, -0.1) is 0 Å². The van der Waals surface area contributed by atoms with Crippen LogP contribution in [-0.4, -0.2) is 44.9 Å². The lowest BCUT2D eigenvalue weighted by atomic mass is 9.96. The highest BCUT2D eigenvalue weighted by molar-refractivity contribution is 7.22. The van der Waals surface area contributed by atoms with Crippen LogP contribution in [0.2, 0.25) is 0 Å². The first-order valence-corrected chi connectivity index (χ1v) is 14.1. The number of carbonyl (C=O) groups excluding carboxylic acids is 2. The number of unbranched alkanes of at least 4 members (excludes halogenated alkanes) is 1. The molecule has 1 aliphatic heterocycles. The summed E-state index contributed by atoms with van der Waals surface area (Å²) in [6.45, 7) is 4.45. The van der Waals surface area contributed by atoms with Crippen molar-refractivity contribution in [3.8, 4) is 11.5 Å². The van der Waals surface area contributed by atoms with Gasteiger partial charge in [-0.3, -0.25) is 18.9 Å². The molecule has 1 fully saturated rings. The molecule has 6 rings (SSSR count). The number of aliphatic hydroxyl groups is 1. The molecule has 4 heterocycles. The van der Waals surface area contributed by atoms with Gasteiger partial charge in [0.15, 0.2) is 10.9 Å². The summed E-state index contributed by atoms with van der Waals surface area (Å²) in [6, 6.07) is 17.2. The van der Waals surface area contributed by atoms with Crippen molar-refractivity contribution in [2.45, 2.75) is 32.7 Å². The molecule has 1 aliphatic rings. The lowest BCUT2D eigenvalue weighted by Crippen LogP contribution is -2.29. The van der Waals surface area contributed by atoms with Crippen LogP contribution in [0.3, 0.4) is 0 Å². The lowest BCUT2D eigenvalue weighted by Gasteiger charge is -2.23. The van der Waals surface area contributed by atoms with Crippen molar-refractivity contribution in [2.24, 2.45) is 0 Å². The van der Waals surface area contributed by atoms with E-state index >= 15 is 0 Å². The topological polar surface area (TPSA) is 106 Å². The predicted molar refractivity (Wildman–Crippen MR) is 158 cm³/mol. The third-order valence-corrected chi connectivity index (χ3v) is 8.14. The Hall–Kier alpha value is -4.70. The van der Waals surface area contributed by atoms with Gasteiger partial charge in [-0.25, -0.2) is 9.97 Å². The summed E-state index contributed by atoms with van der Waals surface area (Å²) in [6.07, 6.45) is 3.71. The maximum atomic E-state index is 13.7. The zero-order valence-corrected chi connectivity index (χ0v) is 23.6. The van der Waals surface area contributed by atoms with Crippen LogP contribution in [0.15, 0.2) is 72.4 Å². The van der Waals surface area contributed by atoms with Crippen molar-refractivity contribution in [1.82, 2.24) is 14.4 Å². The number of ether oxygens (including phenoxy) is 2. The van der Waals surface area contributed by atoms with Crippen molar-refractivity contribution in [1.29, 1.82) is 0 Å². The van der Waals surface area contributed by atoms with E-state index in [1.807, 2.05) is 54.6 Å². The van der Waals surface area contributed by atoms with Crippen molar-refractivity contribution < 1.29 is 24.2 Å². The SMILES string of the molecule is CCCCOc1ccc(C2C(=C(O)c3c(C)nc4ccccn34)C(=O)C(=O)N2c2nc3ccc(OC)cc3s2)cc1. The number of hydrogen-bond donors (Lipinski definition) is 1. The number of aryl methyl sites for hydroxylation is 1. The second kappa shape index (κ2) is 10.7. The van der Waals surface area contributed by atoms with Crippen LogP contribution in [-0.2, 0) is 9.59 Å². The number of nitrogens with zero attached hydrogens (tertiary/aromatic N) is 4. The monoisotopic (exact) mass is 568 g/mol. The molecule has 0 bridgehead atoms. The normalized spacial score (nSPS) is 16.7. The van der Waals surface area contributed by atoms with E-state index in [0.717, 1.165) is 17.5 Å². The Morgan fingerprint density at radius 3 is 2.59 bits per heavy atom. The van der Waals surface area contributed by atoms with Crippen LogP contribution in [0, 0.1) is 6.92 Å². The molecule has 5 aromatic rings. The van der Waals surface area contributed by atoms with Gasteiger partial charge < -0.3 is 14.6 Å². The molecular weight excluding hydrogens is 540 g/mol. The Labute approximate surface area is 240 Å². The summed E-state index contributed by atoms with van der Waals surface area (Å²) < 4.78 is 13.7. The van der Waals surface area contributed by atoms with Gasteiger partial charge in [-0.2, -0.15) is 0 Å². The number of anilines is 1. The summed E-state index contributed by atoms with van der Waals surface area (Å²) in [7, 11) is 1.58. The average molecular weight is 569 g/mol. The fourth-order valence-corrected chi connectivity index (χ4v) is 6.10. The number of imidazole rings is 1. The number of fused-ring (bicyclic) bond motifs is 2. The summed E-state index contributed by atoms with van der Waals surface area (Å²) >= 11 is 1.28. The van der Waals surface area contributed by atoms with Gasteiger partial charge in [0, 0.05) is 6.20 Å². The largest absolute Gasteiger partial charge is 0.505 e. The fraction of sp³-hybridized carbons (Fsp3) is 0.226. The Kier molecular flexibility index (Phi) is 6.92. The van der Waals surface area contributed by atoms with Gasteiger partial charge in [0.25, 0.3) is 5.78 Å². The number of hydrogen-bond acceptors (Lipinski definition) is 8. The van der Waals surface area contributed by atoms with Crippen molar-refractivity contribution >= 4 is 49.8 Å². The number of aliphatic hydroxyl groups excluding tert-OH is 1. The summed E-state index contributed by atoms with van der Waals surface area (Å²) in [5, 5.41) is 12.1. The predicted octanol–water partition coefficient (Wildman–Crippen LogP) is 6.07. The van der Waals surface area contributed by atoms with Crippen molar-refractivity contribution in [3.05, 3.63) is 89.4 Å².